The Morgan fingerprint density at radius 3 is 2.76 bits per heavy atom. The maximum atomic E-state index is 12.2. The zero-order chi connectivity index (χ0) is 18.4. The van der Waals surface area contributed by atoms with Gasteiger partial charge >= 0.3 is 5.97 Å². The molecule has 2 amide bonds. The number of nitrogens with zero attached hydrogens (tertiary/aromatic N) is 2. The predicted octanol–water partition coefficient (Wildman–Crippen LogP) is 1.00. The van der Waals surface area contributed by atoms with Gasteiger partial charge in [0.25, 0.3) is 0 Å². The van der Waals surface area contributed by atoms with Crippen LogP contribution in [0.1, 0.15) is 29.8 Å². The molecule has 9 heteroatoms. The van der Waals surface area contributed by atoms with Gasteiger partial charge in [0.05, 0.1) is 24.6 Å². The molecule has 25 heavy (non-hydrogen) atoms. The quantitative estimate of drug-likeness (QED) is 0.662. The molecule has 0 aromatic carbocycles. The monoisotopic (exact) mass is 368 g/mol. The number of carboxylic acids is 1. The van der Waals surface area contributed by atoms with Gasteiger partial charge in [-0.25, -0.2) is 4.98 Å². The molecule has 0 saturated carbocycles. The zero-order valence-electron chi connectivity index (χ0n) is 14.5. The lowest BCUT2D eigenvalue weighted by Crippen LogP contribution is -2.45. The Balaban J connectivity index is 1.79. The molecule has 0 bridgehead atoms. The molecule has 3 N–H and O–H groups in total. The van der Waals surface area contributed by atoms with Crippen molar-refractivity contribution >= 4 is 34.3 Å². The number of likely N-dealkylation sites (tertiary alicyclic amines) is 1. The van der Waals surface area contributed by atoms with Crippen molar-refractivity contribution in [1.82, 2.24) is 15.2 Å². The van der Waals surface area contributed by atoms with E-state index in [0.717, 1.165) is 30.0 Å². The molecule has 1 aliphatic rings. The number of carbonyl (C=O) groups excluding carboxylic acids is 2. The smallest absolute Gasteiger partial charge is 0.305 e. The van der Waals surface area contributed by atoms with Crippen LogP contribution in [0, 0.1) is 19.8 Å². The largest absolute Gasteiger partial charge is 0.481 e. The van der Waals surface area contributed by atoms with Crippen LogP contribution in [0.3, 0.4) is 0 Å². The van der Waals surface area contributed by atoms with Crippen LogP contribution in [0.2, 0.25) is 0 Å². The number of rotatable bonds is 7. The summed E-state index contributed by atoms with van der Waals surface area (Å²) in [5.74, 6) is -1.42. The van der Waals surface area contributed by atoms with Gasteiger partial charge < -0.3 is 15.7 Å². The molecule has 1 aromatic rings. The first kappa shape index (κ1) is 19.3. The number of thiazole rings is 1. The van der Waals surface area contributed by atoms with Crippen LogP contribution in [0.25, 0.3) is 0 Å². The molecule has 138 valence electrons. The molecule has 1 fully saturated rings. The number of anilines is 1. The van der Waals surface area contributed by atoms with E-state index in [2.05, 4.69) is 15.6 Å². The highest BCUT2D eigenvalue weighted by Gasteiger charge is 2.26. The maximum Gasteiger partial charge on any atom is 0.305 e. The number of aliphatic carboxylic acids is 1. The number of carboxylic acid groups (broad SMARTS) is 1. The minimum Gasteiger partial charge on any atom is -0.481 e. The van der Waals surface area contributed by atoms with Crippen LogP contribution in [-0.2, 0) is 14.4 Å². The summed E-state index contributed by atoms with van der Waals surface area (Å²) >= 11 is 1.45. The molecule has 0 spiro atoms. The fourth-order valence-corrected chi connectivity index (χ4v) is 3.57. The van der Waals surface area contributed by atoms with Gasteiger partial charge in [0.15, 0.2) is 5.13 Å². The van der Waals surface area contributed by atoms with Gasteiger partial charge in [0.2, 0.25) is 11.8 Å². The van der Waals surface area contributed by atoms with E-state index in [-0.39, 0.29) is 37.2 Å². The van der Waals surface area contributed by atoms with Gasteiger partial charge in [0.1, 0.15) is 0 Å². The van der Waals surface area contributed by atoms with E-state index in [1.54, 1.807) is 0 Å². The first-order valence-electron chi connectivity index (χ1n) is 8.31. The molecular weight excluding hydrogens is 344 g/mol. The highest BCUT2D eigenvalue weighted by atomic mass is 32.1. The van der Waals surface area contributed by atoms with Crippen molar-refractivity contribution in [3.8, 4) is 0 Å². The minimum absolute atomic E-state index is 0.0861. The van der Waals surface area contributed by atoms with E-state index in [1.165, 1.54) is 11.3 Å². The van der Waals surface area contributed by atoms with E-state index >= 15 is 0 Å². The van der Waals surface area contributed by atoms with Crippen molar-refractivity contribution in [1.29, 1.82) is 0 Å². The molecule has 2 heterocycles. The Labute approximate surface area is 150 Å². The SMILES string of the molecule is Cc1nc(NC(=O)CN2CCCC(C(=O)NCCC(=O)O)C2)sc1C. The van der Waals surface area contributed by atoms with Crippen molar-refractivity contribution in [2.45, 2.75) is 33.1 Å². The van der Waals surface area contributed by atoms with Gasteiger partial charge in [-0.05, 0) is 33.2 Å². The van der Waals surface area contributed by atoms with Crippen molar-refractivity contribution < 1.29 is 19.5 Å². The van der Waals surface area contributed by atoms with Crippen LogP contribution < -0.4 is 10.6 Å². The molecular formula is C16H24N4O4S. The van der Waals surface area contributed by atoms with Crippen LogP contribution in [0.4, 0.5) is 5.13 Å². The Bertz CT molecular complexity index is 627. The molecule has 1 aromatic heterocycles. The van der Waals surface area contributed by atoms with Gasteiger partial charge in [0, 0.05) is 18.0 Å². The standard InChI is InChI=1S/C16H24N4O4S/c1-10-11(2)25-16(18-10)19-13(21)9-20-7-3-4-12(8-20)15(24)17-6-5-14(22)23/h12H,3-9H2,1-2H3,(H,17,24)(H,22,23)(H,18,19,21). The number of aromatic nitrogens is 1. The fraction of sp³-hybridized carbons (Fsp3) is 0.625. The summed E-state index contributed by atoms with van der Waals surface area (Å²) < 4.78 is 0. The minimum atomic E-state index is -0.935. The normalized spacial score (nSPS) is 17.9. The van der Waals surface area contributed by atoms with Crippen molar-refractivity contribution in [3.63, 3.8) is 0 Å². The number of aryl methyl sites for hydroxylation is 2. The van der Waals surface area contributed by atoms with Gasteiger partial charge in [-0.2, -0.15) is 0 Å². The third-order valence-corrected chi connectivity index (χ3v) is 5.14. The lowest BCUT2D eigenvalue weighted by molar-refractivity contribution is -0.137. The summed E-state index contributed by atoms with van der Waals surface area (Å²) in [4.78, 5) is 42.1. The molecule has 0 aliphatic carbocycles. The van der Waals surface area contributed by atoms with Crippen molar-refractivity contribution in [2.75, 3.05) is 31.5 Å². The molecule has 1 saturated heterocycles. The highest BCUT2D eigenvalue weighted by Crippen LogP contribution is 2.21. The van der Waals surface area contributed by atoms with E-state index in [0.29, 0.717) is 11.7 Å². The number of hydrogen-bond acceptors (Lipinski definition) is 6. The molecule has 8 nitrogen and oxygen atoms in total. The number of amides is 2. The Kier molecular flexibility index (Phi) is 6.89. The van der Waals surface area contributed by atoms with Gasteiger partial charge in [-0.15, -0.1) is 11.3 Å². The number of carbonyl (C=O) groups is 3. The van der Waals surface area contributed by atoms with Crippen molar-refractivity contribution in [3.05, 3.63) is 10.6 Å². The highest BCUT2D eigenvalue weighted by molar-refractivity contribution is 7.15. The Hall–Kier alpha value is -2.00. The lowest BCUT2D eigenvalue weighted by Gasteiger charge is -2.31. The second-order valence-electron chi connectivity index (χ2n) is 6.22. The topological polar surface area (TPSA) is 112 Å². The first-order valence-corrected chi connectivity index (χ1v) is 9.12. The maximum absolute atomic E-state index is 12.2. The lowest BCUT2D eigenvalue weighted by atomic mass is 9.97. The number of nitrogens with one attached hydrogen (secondary N) is 2. The molecule has 1 atom stereocenters. The van der Waals surface area contributed by atoms with E-state index < -0.39 is 5.97 Å². The predicted molar refractivity (Wildman–Crippen MR) is 94.6 cm³/mol. The average molecular weight is 368 g/mol. The molecule has 0 radical (unpaired) electrons. The first-order chi connectivity index (χ1) is 11.8. The van der Waals surface area contributed by atoms with Crippen LogP contribution in [0.5, 0.6) is 0 Å². The summed E-state index contributed by atoms with van der Waals surface area (Å²) in [7, 11) is 0. The van der Waals surface area contributed by atoms with Gasteiger partial charge in [-0.3, -0.25) is 19.3 Å². The van der Waals surface area contributed by atoms with E-state index in [1.807, 2.05) is 18.7 Å². The van der Waals surface area contributed by atoms with E-state index in [4.69, 9.17) is 5.11 Å². The molecule has 1 aliphatic heterocycles. The Morgan fingerprint density at radius 1 is 1.36 bits per heavy atom. The van der Waals surface area contributed by atoms with Crippen LogP contribution in [-0.4, -0.2) is 59.0 Å². The molecule has 2 rings (SSSR count). The summed E-state index contributed by atoms with van der Waals surface area (Å²) in [5, 5.41) is 14.7. The third-order valence-electron chi connectivity index (χ3n) is 4.16. The fourth-order valence-electron chi connectivity index (χ4n) is 2.74. The third kappa shape index (κ3) is 6.09. The summed E-state index contributed by atoms with van der Waals surface area (Å²) in [6.45, 7) is 5.48. The van der Waals surface area contributed by atoms with Crippen molar-refractivity contribution in [2.24, 2.45) is 5.92 Å². The summed E-state index contributed by atoms with van der Waals surface area (Å²) in [6.07, 6.45) is 1.50. The number of hydrogen-bond donors (Lipinski definition) is 3. The zero-order valence-corrected chi connectivity index (χ0v) is 15.3. The molecule has 1 unspecified atom stereocenters. The second kappa shape index (κ2) is 8.91. The second-order valence-corrected chi connectivity index (χ2v) is 7.42. The number of piperidine rings is 1. The van der Waals surface area contributed by atoms with Crippen LogP contribution in [0.15, 0.2) is 0 Å². The summed E-state index contributed by atoms with van der Waals surface area (Å²) in [6, 6.07) is 0. The van der Waals surface area contributed by atoms with Crippen LogP contribution >= 0.6 is 11.3 Å². The summed E-state index contributed by atoms with van der Waals surface area (Å²) in [5.41, 5.74) is 0.913. The van der Waals surface area contributed by atoms with E-state index in [9.17, 15) is 14.4 Å². The van der Waals surface area contributed by atoms with Gasteiger partial charge in [-0.1, -0.05) is 0 Å². The average Bonchev–Trinajstić information content (AvgIpc) is 2.84. The Morgan fingerprint density at radius 2 is 2.12 bits per heavy atom.